The summed E-state index contributed by atoms with van der Waals surface area (Å²) in [6.07, 6.45) is 2.83. The van der Waals surface area contributed by atoms with Gasteiger partial charge in [0.2, 0.25) is 15.9 Å². The molecule has 9 heteroatoms. The lowest BCUT2D eigenvalue weighted by Gasteiger charge is -2.33. The summed E-state index contributed by atoms with van der Waals surface area (Å²) in [5.74, 6) is -0.847. The molecule has 1 aromatic rings. The van der Waals surface area contributed by atoms with Crippen LogP contribution in [-0.2, 0) is 19.6 Å². The van der Waals surface area contributed by atoms with Crippen LogP contribution < -0.4 is 5.32 Å². The number of likely N-dealkylation sites (tertiary alicyclic amines) is 1. The fraction of sp³-hybridized carbons (Fsp3) is 0.600. The number of nitrogens with zero attached hydrogens (tertiary/aromatic N) is 2. The normalized spacial score (nSPS) is 20.3. The van der Waals surface area contributed by atoms with Crippen molar-refractivity contribution in [1.82, 2.24) is 14.5 Å². The Labute approximate surface area is 172 Å². The van der Waals surface area contributed by atoms with Gasteiger partial charge in [0.05, 0.1) is 17.6 Å². The van der Waals surface area contributed by atoms with Crippen molar-refractivity contribution >= 4 is 21.9 Å². The molecule has 2 heterocycles. The maximum absolute atomic E-state index is 13.1. The molecular weight excluding hydrogens is 394 g/mol. The molecular formula is C20H29N3O5S. The molecule has 160 valence electrons. The smallest absolute Gasteiger partial charge is 0.339 e. The Morgan fingerprint density at radius 2 is 1.66 bits per heavy atom. The summed E-state index contributed by atoms with van der Waals surface area (Å²) in [4.78, 5) is 26.7. The third kappa shape index (κ3) is 4.96. The molecule has 8 nitrogen and oxygen atoms in total. The van der Waals surface area contributed by atoms with E-state index in [-0.39, 0.29) is 41.4 Å². The minimum absolute atomic E-state index is 0.0200. The molecule has 2 aliphatic rings. The minimum Gasteiger partial charge on any atom is -0.465 e. The third-order valence-corrected chi connectivity index (χ3v) is 7.76. The van der Waals surface area contributed by atoms with E-state index in [1.807, 2.05) is 0 Å². The molecule has 1 aromatic carbocycles. The van der Waals surface area contributed by atoms with Gasteiger partial charge in [-0.3, -0.25) is 4.79 Å². The van der Waals surface area contributed by atoms with Gasteiger partial charge in [0.15, 0.2) is 0 Å². The summed E-state index contributed by atoms with van der Waals surface area (Å²) in [5.41, 5.74) is 0.0251. The molecule has 0 saturated carbocycles. The minimum atomic E-state index is -3.83. The van der Waals surface area contributed by atoms with E-state index >= 15 is 0 Å². The fourth-order valence-corrected chi connectivity index (χ4v) is 5.59. The van der Waals surface area contributed by atoms with Gasteiger partial charge in [-0.15, -0.1) is 0 Å². The van der Waals surface area contributed by atoms with Crippen molar-refractivity contribution in [2.24, 2.45) is 5.92 Å². The highest BCUT2D eigenvalue weighted by Crippen LogP contribution is 2.26. The van der Waals surface area contributed by atoms with Crippen LogP contribution in [0.5, 0.6) is 0 Å². The van der Waals surface area contributed by atoms with Gasteiger partial charge in [-0.1, -0.05) is 12.1 Å². The van der Waals surface area contributed by atoms with Crippen LogP contribution in [0.2, 0.25) is 0 Å². The fourth-order valence-electron chi connectivity index (χ4n) is 3.94. The molecule has 1 N–H and O–H groups in total. The molecule has 0 bridgehead atoms. The van der Waals surface area contributed by atoms with Crippen LogP contribution in [0.25, 0.3) is 0 Å². The first kappa shape index (κ1) is 21.7. The van der Waals surface area contributed by atoms with E-state index in [2.05, 4.69) is 17.3 Å². The number of amides is 1. The lowest BCUT2D eigenvalue weighted by molar-refractivity contribution is -0.127. The lowest BCUT2D eigenvalue weighted by Crippen LogP contribution is -2.48. The Balaban J connectivity index is 1.61. The number of carbonyl (C=O) groups is 2. The number of hydrogen-bond acceptors (Lipinski definition) is 6. The topological polar surface area (TPSA) is 96.0 Å². The zero-order valence-corrected chi connectivity index (χ0v) is 17.8. The van der Waals surface area contributed by atoms with Crippen LogP contribution in [0.15, 0.2) is 29.2 Å². The van der Waals surface area contributed by atoms with E-state index in [0.717, 1.165) is 25.9 Å². The third-order valence-electron chi connectivity index (χ3n) is 5.80. The van der Waals surface area contributed by atoms with Gasteiger partial charge in [-0.05, 0) is 58.0 Å². The number of ether oxygens (including phenoxy) is 1. The predicted octanol–water partition coefficient (Wildman–Crippen LogP) is 1.08. The molecule has 29 heavy (non-hydrogen) atoms. The number of benzene rings is 1. The molecule has 2 fully saturated rings. The van der Waals surface area contributed by atoms with Crippen LogP contribution in [0.4, 0.5) is 0 Å². The van der Waals surface area contributed by atoms with Crippen molar-refractivity contribution in [3.63, 3.8) is 0 Å². The first-order valence-electron chi connectivity index (χ1n) is 9.99. The van der Waals surface area contributed by atoms with E-state index in [1.54, 1.807) is 12.1 Å². The zero-order valence-electron chi connectivity index (χ0n) is 17.0. The van der Waals surface area contributed by atoms with Crippen molar-refractivity contribution in [3.05, 3.63) is 29.8 Å². The number of nitrogens with one attached hydrogen (secondary N) is 1. The highest BCUT2D eigenvalue weighted by Gasteiger charge is 2.34. The first-order chi connectivity index (χ1) is 13.8. The monoisotopic (exact) mass is 423 g/mol. The van der Waals surface area contributed by atoms with Crippen LogP contribution in [0.3, 0.4) is 0 Å². The summed E-state index contributed by atoms with van der Waals surface area (Å²) in [7, 11) is -0.537. The number of rotatable bonds is 5. The van der Waals surface area contributed by atoms with Crippen molar-refractivity contribution in [2.75, 3.05) is 40.3 Å². The molecule has 0 aromatic heterocycles. The number of hydrogen-bond donors (Lipinski definition) is 1. The average Bonchev–Trinajstić information content (AvgIpc) is 2.74. The highest BCUT2D eigenvalue weighted by molar-refractivity contribution is 7.89. The molecule has 0 radical (unpaired) electrons. The van der Waals surface area contributed by atoms with E-state index in [9.17, 15) is 18.0 Å². The zero-order chi connectivity index (χ0) is 21.0. The van der Waals surface area contributed by atoms with Crippen molar-refractivity contribution < 1.29 is 22.7 Å². The van der Waals surface area contributed by atoms with Crippen molar-refractivity contribution in [1.29, 1.82) is 0 Å². The summed E-state index contributed by atoms with van der Waals surface area (Å²) in [6, 6.07) is 6.25. The van der Waals surface area contributed by atoms with Gasteiger partial charge in [0.1, 0.15) is 0 Å². The number of piperidine rings is 2. The van der Waals surface area contributed by atoms with Gasteiger partial charge < -0.3 is 15.0 Å². The number of esters is 1. The first-order valence-corrected chi connectivity index (χ1v) is 11.4. The molecule has 3 rings (SSSR count). The predicted molar refractivity (Wildman–Crippen MR) is 108 cm³/mol. The van der Waals surface area contributed by atoms with Crippen molar-refractivity contribution in [3.8, 4) is 0 Å². The maximum Gasteiger partial charge on any atom is 0.339 e. The lowest BCUT2D eigenvalue weighted by atomic mass is 9.96. The molecule has 2 aliphatic heterocycles. The van der Waals surface area contributed by atoms with Gasteiger partial charge >= 0.3 is 5.97 Å². The number of methoxy groups -OCH3 is 1. The number of carbonyl (C=O) groups excluding carboxylic acids is 2. The van der Waals surface area contributed by atoms with Gasteiger partial charge in [-0.25, -0.2) is 13.2 Å². The van der Waals surface area contributed by atoms with Gasteiger partial charge in [0, 0.05) is 25.0 Å². The Kier molecular flexibility index (Phi) is 6.92. The van der Waals surface area contributed by atoms with Gasteiger partial charge in [0.25, 0.3) is 0 Å². The van der Waals surface area contributed by atoms with E-state index < -0.39 is 16.0 Å². The summed E-state index contributed by atoms with van der Waals surface area (Å²) < 4.78 is 32.2. The second-order valence-electron chi connectivity index (χ2n) is 7.75. The van der Waals surface area contributed by atoms with Crippen molar-refractivity contribution in [2.45, 2.75) is 36.6 Å². The Bertz CT molecular complexity index is 841. The molecule has 2 saturated heterocycles. The van der Waals surface area contributed by atoms with Crippen LogP contribution in [0, 0.1) is 5.92 Å². The average molecular weight is 424 g/mol. The highest BCUT2D eigenvalue weighted by atomic mass is 32.2. The molecule has 0 unspecified atom stereocenters. The van der Waals surface area contributed by atoms with Gasteiger partial charge in [-0.2, -0.15) is 4.31 Å². The van der Waals surface area contributed by atoms with Crippen LogP contribution >= 0.6 is 0 Å². The molecule has 1 amide bonds. The SMILES string of the molecule is COC(=O)c1ccccc1S(=O)(=O)N1CCC(C(=O)NC2CCN(C)CC2)CC1. The number of sulfonamides is 1. The molecule has 0 spiro atoms. The second kappa shape index (κ2) is 9.23. The van der Waals surface area contributed by atoms with Crippen LogP contribution in [-0.4, -0.2) is 75.9 Å². The molecule has 0 atom stereocenters. The summed E-state index contributed by atoms with van der Waals surface area (Å²) in [6.45, 7) is 2.45. The Morgan fingerprint density at radius 3 is 2.28 bits per heavy atom. The largest absolute Gasteiger partial charge is 0.465 e. The maximum atomic E-state index is 13.1. The van der Waals surface area contributed by atoms with E-state index in [1.165, 1.54) is 23.5 Å². The quantitative estimate of drug-likeness (QED) is 0.712. The summed E-state index contributed by atoms with van der Waals surface area (Å²) in [5, 5.41) is 3.13. The Morgan fingerprint density at radius 1 is 1.03 bits per heavy atom. The molecule has 0 aliphatic carbocycles. The standard InChI is InChI=1S/C20H29N3O5S/c1-22-11-9-16(10-12-22)21-19(24)15-7-13-23(14-8-15)29(26,27)18-6-4-3-5-17(18)20(25)28-2/h3-6,15-16H,7-14H2,1-2H3,(H,21,24). The van der Waals surface area contributed by atoms with E-state index in [0.29, 0.717) is 12.8 Å². The van der Waals surface area contributed by atoms with Crippen LogP contribution in [0.1, 0.15) is 36.0 Å². The van der Waals surface area contributed by atoms with E-state index in [4.69, 9.17) is 4.74 Å². The summed E-state index contributed by atoms with van der Waals surface area (Å²) >= 11 is 0. The Hall–Kier alpha value is -1.97. The second-order valence-corrected chi connectivity index (χ2v) is 9.66.